The predicted molar refractivity (Wildman–Crippen MR) is 140 cm³/mol. The maximum absolute atomic E-state index is 12.1. The quantitative estimate of drug-likeness (QED) is 0.145. The van der Waals surface area contributed by atoms with Crippen LogP contribution in [0.2, 0.25) is 0 Å². The number of hydrogen-bond donors (Lipinski definition) is 6. The minimum Gasteiger partial charge on any atom is -0.508 e. The average Bonchev–Trinajstić information content (AvgIpc) is 3.20. The van der Waals surface area contributed by atoms with Crippen LogP contribution in [0.5, 0.6) is 34.5 Å². The van der Waals surface area contributed by atoms with Gasteiger partial charge in [-0.2, -0.15) is 0 Å². The van der Waals surface area contributed by atoms with E-state index in [-0.39, 0.29) is 28.7 Å². The third kappa shape index (κ3) is 5.81. The van der Waals surface area contributed by atoms with Crippen molar-refractivity contribution in [2.45, 2.75) is 30.7 Å². The highest BCUT2D eigenvalue weighted by Gasteiger charge is 2.45. The van der Waals surface area contributed by atoms with Crippen LogP contribution in [0.15, 0.2) is 66.7 Å². The van der Waals surface area contributed by atoms with E-state index in [1.165, 1.54) is 48.5 Å². The molecular weight excluding hydrogens is 524 g/mol. The minimum absolute atomic E-state index is 0.120. The van der Waals surface area contributed by atoms with Crippen LogP contribution in [0.1, 0.15) is 22.8 Å². The smallest absolute Gasteiger partial charge is 0.330 e. The molecule has 0 aromatic heterocycles. The van der Waals surface area contributed by atoms with Gasteiger partial charge in [0.15, 0.2) is 11.5 Å². The first-order valence-electron chi connectivity index (χ1n) is 12.2. The Morgan fingerprint density at radius 3 is 2.42 bits per heavy atom. The highest BCUT2D eigenvalue weighted by Crippen LogP contribution is 2.42. The number of rotatable bonds is 7. The predicted octanol–water partition coefficient (Wildman–Crippen LogP) is 2.74. The summed E-state index contributed by atoms with van der Waals surface area (Å²) in [5, 5.41) is 59.6. The SMILES string of the molecule is O=C(/C=C/c1ccc(O)c(O)c1)OC[C@H]1O[C@@H](Oc2cc(O)cc3c2C=CC(c2ccc(O)cc2)O3)[C@@H](O)[C@H]1O. The van der Waals surface area contributed by atoms with Crippen LogP contribution >= 0.6 is 0 Å². The summed E-state index contributed by atoms with van der Waals surface area (Å²) in [7, 11) is 0. The normalized spacial score (nSPS) is 23.5. The molecule has 3 aromatic rings. The van der Waals surface area contributed by atoms with Crippen LogP contribution in [0.3, 0.4) is 0 Å². The Labute approximate surface area is 228 Å². The molecule has 2 aliphatic rings. The summed E-state index contributed by atoms with van der Waals surface area (Å²) in [5.41, 5.74) is 1.69. The van der Waals surface area contributed by atoms with Gasteiger partial charge in [0, 0.05) is 18.2 Å². The fourth-order valence-corrected chi connectivity index (χ4v) is 4.24. The Kier molecular flexibility index (Phi) is 7.52. The van der Waals surface area contributed by atoms with Gasteiger partial charge in [0.2, 0.25) is 6.29 Å². The van der Waals surface area contributed by atoms with Gasteiger partial charge in [0.25, 0.3) is 0 Å². The lowest BCUT2D eigenvalue weighted by Gasteiger charge is -2.25. The highest BCUT2D eigenvalue weighted by molar-refractivity contribution is 5.87. The van der Waals surface area contributed by atoms with E-state index >= 15 is 0 Å². The van der Waals surface area contributed by atoms with Gasteiger partial charge in [-0.15, -0.1) is 0 Å². The van der Waals surface area contributed by atoms with Crippen molar-refractivity contribution in [2.24, 2.45) is 0 Å². The Balaban J connectivity index is 1.22. The Morgan fingerprint density at radius 2 is 1.68 bits per heavy atom. The van der Waals surface area contributed by atoms with Crippen LogP contribution in [0, 0.1) is 0 Å². The molecule has 2 aliphatic heterocycles. The lowest BCUT2D eigenvalue weighted by atomic mass is 10.0. The summed E-state index contributed by atoms with van der Waals surface area (Å²) in [6.07, 6.45) is 0.0832. The number of ether oxygens (including phenoxy) is 4. The molecule has 3 aromatic carbocycles. The maximum Gasteiger partial charge on any atom is 0.330 e. The Hall–Kier alpha value is -4.71. The molecule has 5 rings (SSSR count). The first-order chi connectivity index (χ1) is 19.2. The van der Waals surface area contributed by atoms with Gasteiger partial charge in [0.05, 0.1) is 5.56 Å². The molecule has 208 valence electrons. The molecule has 11 nitrogen and oxygen atoms in total. The van der Waals surface area contributed by atoms with E-state index < -0.39 is 43.3 Å². The van der Waals surface area contributed by atoms with Gasteiger partial charge < -0.3 is 49.6 Å². The van der Waals surface area contributed by atoms with Crippen molar-refractivity contribution in [2.75, 3.05) is 6.61 Å². The molecule has 0 bridgehead atoms. The van der Waals surface area contributed by atoms with Crippen molar-refractivity contribution < 1.29 is 54.4 Å². The summed E-state index contributed by atoms with van der Waals surface area (Å²) in [6.45, 7) is -0.391. The van der Waals surface area contributed by atoms with Crippen LogP contribution in [-0.2, 0) is 14.3 Å². The molecule has 0 aliphatic carbocycles. The van der Waals surface area contributed by atoms with Crippen molar-refractivity contribution in [3.05, 3.63) is 83.4 Å². The van der Waals surface area contributed by atoms with Crippen LogP contribution in [0.4, 0.5) is 0 Å². The van der Waals surface area contributed by atoms with Gasteiger partial charge in [-0.25, -0.2) is 4.79 Å². The molecule has 0 saturated carbocycles. The van der Waals surface area contributed by atoms with E-state index in [1.807, 2.05) is 0 Å². The zero-order valence-corrected chi connectivity index (χ0v) is 20.8. The van der Waals surface area contributed by atoms with Gasteiger partial charge in [-0.1, -0.05) is 18.2 Å². The van der Waals surface area contributed by atoms with Gasteiger partial charge in [-0.05, 0) is 53.6 Å². The highest BCUT2D eigenvalue weighted by atomic mass is 16.7. The number of hydrogen-bond acceptors (Lipinski definition) is 11. The van der Waals surface area contributed by atoms with E-state index in [2.05, 4.69) is 0 Å². The number of aliphatic hydroxyl groups is 2. The monoisotopic (exact) mass is 550 g/mol. The summed E-state index contributed by atoms with van der Waals surface area (Å²) < 4.78 is 22.5. The Bertz CT molecular complexity index is 1450. The lowest BCUT2D eigenvalue weighted by Crippen LogP contribution is -2.36. The summed E-state index contributed by atoms with van der Waals surface area (Å²) in [5.74, 6) is -1.02. The van der Waals surface area contributed by atoms with Gasteiger partial charge >= 0.3 is 5.97 Å². The van der Waals surface area contributed by atoms with E-state index in [9.17, 15) is 35.4 Å². The molecule has 0 radical (unpaired) electrons. The number of benzene rings is 3. The molecule has 40 heavy (non-hydrogen) atoms. The van der Waals surface area contributed by atoms with Gasteiger partial charge in [-0.3, -0.25) is 0 Å². The van der Waals surface area contributed by atoms with E-state index in [0.717, 1.165) is 11.6 Å². The van der Waals surface area contributed by atoms with E-state index in [4.69, 9.17) is 18.9 Å². The number of fused-ring (bicyclic) bond motifs is 1. The first kappa shape index (κ1) is 26.9. The molecule has 0 amide bonds. The zero-order valence-electron chi connectivity index (χ0n) is 20.8. The van der Waals surface area contributed by atoms with Gasteiger partial charge in [0.1, 0.15) is 54.0 Å². The van der Waals surface area contributed by atoms with Crippen molar-refractivity contribution in [3.63, 3.8) is 0 Å². The second-order valence-electron chi connectivity index (χ2n) is 9.20. The maximum atomic E-state index is 12.1. The number of carbonyl (C=O) groups excluding carboxylic acids is 1. The van der Waals surface area contributed by atoms with Crippen LogP contribution in [0.25, 0.3) is 12.2 Å². The minimum atomic E-state index is -1.49. The van der Waals surface area contributed by atoms with Crippen molar-refractivity contribution in [1.82, 2.24) is 0 Å². The molecule has 6 N–H and O–H groups in total. The topological polar surface area (TPSA) is 175 Å². The third-order valence-electron chi connectivity index (χ3n) is 6.37. The van der Waals surface area contributed by atoms with Crippen molar-refractivity contribution >= 4 is 18.1 Å². The van der Waals surface area contributed by atoms with Crippen molar-refractivity contribution in [3.8, 4) is 34.5 Å². The second kappa shape index (κ2) is 11.2. The van der Waals surface area contributed by atoms with E-state index in [0.29, 0.717) is 16.9 Å². The molecule has 0 spiro atoms. The van der Waals surface area contributed by atoms with Crippen LogP contribution < -0.4 is 9.47 Å². The number of phenolic OH excluding ortho intramolecular Hbond substituents is 4. The molecule has 5 atom stereocenters. The summed E-state index contributed by atoms with van der Waals surface area (Å²) in [4.78, 5) is 12.1. The van der Waals surface area contributed by atoms with Crippen LogP contribution in [-0.4, -0.2) is 67.8 Å². The molecular formula is C29H26O11. The third-order valence-corrected chi connectivity index (χ3v) is 6.37. The number of phenols is 4. The number of esters is 1. The lowest BCUT2D eigenvalue weighted by molar-refractivity contribution is -0.149. The number of carbonyl (C=O) groups is 1. The summed E-state index contributed by atoms with van der Waals surface area (Å²) in [6, 6.07) is 13.2. The number of aromatic hydroxyl groups is 4. The first-order valence-corrected chi connectivity index (χ1v) is 12.2. The second-order valence-corrected chi connectivity index (χ2v) is 9.20. The molecule has 1 saturated heterocycles. The largest absolute Gasteiger partial charge is 0.508 e. The molecule has 1 fully saturated rings. The Morgan fingerprint density at radius 1 is 0.900 bits per heavy atom. The summed E-state index contributed by atoms with van der Waals surface area (Å²) >= 11 is 0. The standard InChI is InChI=1S/C29H26O11/c30-17-5-3-16(4-6-17)22-9-7-19-23(38-22)12-18(31)13-24(19)39-29-28(36)27(35)25(40-29)14-37-26(34)10-2-15-1-8-20(32)21(33)11-15/h1-13,22,25,27-33,35-36H,14H2/b10-2+/t22?,25-,27+,28+,29-/m1/s1. The average molecular weight is 551 g/mol. The molecule has 1 unspecified atom stereocenters. The number of aliphatic hydroxyl groups excluding tert-OH is 2. The van der Waals surface area contributed by atoms with E-state index in [1.54, 1.807) is 24.3 Å². The fourth-order valence-electron chi connectivity index (χ4n) is 4.24. The zero-order chi connectivity index (χ0) is 28.4. The fraction of sp³-hybridized carbons (Fsp3) is 0.207. The molecule has 2 heterocycles. The van der Waals surface area contributed by atoms with Crippen molar-refractivity contribution in [1.29, 1.82) is 0 Å². The molecule has 11 heteroatoms.